The minimum absolute atomic E-state index is 0.287. The molecule has 0 aromatic heterocycles. The number of amides is 3. The second-order valence-corrected chi connectivity index (χ2v) is 6.44. The summed E-state index contributed by atoms with van der Waals surface area (Å²) in [6.45, 7) is -1.01. The summed E-state index contributed by atoms with van der Waals surface area (Å²) in [7, 11) is 0. The van der Waals surface area contributed by atoms with E-state index in [1.807, 2.05) is 10.6 Å². The molecule has 0 aliphatic heterocycles. The van der Waals surface area contributed by atoms with Crippen LogP contribution in [0.25, 0.3) is 0 Å². The molecule has 16 heteroatoms. The zero-order valence-corrected chi connectivity index (χ0v) is 16.5. The minimum Gasteiger partial charge on any atom is -0.481 e. The molecule has 0 fully saturated rings. The Morgan fingerprint density at radius 2 is 1.09 bits per heavy atom. The molecule has 3 amide bonds. The molecule has 0 spiro atoms. The van der Waals surface area contributed by atoms with Crippen molar-refractivity contribution in [1.82, 2.24) is 16.0 Å². The van der Waals surface area contributed by atoms with Crippen molar-refractivity contribution in [3.8, 4) is 0 Å². The van der Waals surface area contributed by atoms with Gasteiger partial charge in [0.1, 0.15) is 18.1 Å². The molecule has 180 valence electrons. The summed E-state index contributed by atoms with van der Waals surface area (Å²) in [5, 5.41) is 50.2. The normalized spacial score (nSPS) is 14.2. The Morgan fingerprint density at radius 3 is 1.53 bits per heavy atom. The summed E-state index contributed by atoms with van der Waals surface area (Å²) in [6.07, 6.45) is -2.81. The van der Waals surface area contributed by atoms with Gasteiger partial charge in [0.25, 0.3) is 0 Å². The maximum atomic E-state index is 12.3. The highest BCUT2D eigenvalue weighted by Crippen LogP contribution is 2.01. The molecule has 0 saturated carbocycles. The van der Waals surface area contributed by atoms with Crippen LogP contribution in [-0.4, -0.2) is 97.9 Å². The van der Waals surface area contributed by atoms with Crippen LogP contribution in [0.4, 0.5) is 0 Å². The average molecular weight is 464 g/mol. The van der Waals surface area contributed by atoms with E-state index in [1.54, 1.807) is 5.32 Å². The molecule has 0 aromatic rings. The van der Waals surface area contributed by atoms with Gasteiger partial charge in [0, 0.05) is 6.42 Å². The zero-order valence-electron chi connectivity index (χ0n) is 16.5. The number of carboxylic acid groups (broad SMARTS) is 4. The molecular formula is C16H24N4O12. The SMILES string of the molecule is NC(CCC(=O)O)C(=O)NC(CO)C(=O)NC(CC(=O)O)C(=O)NC(CC(=O)O)C(=O)O. The van der Waals surface area contributed by atoms with Crippen LogP contribution in [0.1, 0.15) is 25.7 Å². The van der Waals surface area contributed by atoms with E-state index >= 15 is 0 Å². The standard InChI is InChI=1S/C16H24N4O12/c17-6(1-2-10(22)23)13(28)20-9(5-21)15(30)18-7(3-11(24)25)14(29)19-8(16(31)32)4-12(26)27/h6-9,21H,1-5,17H2,(H,18,30)(H,19,29)(H,20,28)(H,22,23)(H,24,25)(H,26,27)(H,31,32). The summed E-state index contributed by atoms with van der Waals surface area (Å²) in [5.41, 5.74) is 5.47. The van der Waals surface area contributed by atoms with Gasteiger partial charge in [-0.25, -0.2) is 4.79 Å². The van der Waals surface area contributed by atoms with Gasteiger partial charge >= 0.3 is 23.9 Å². The van der Waals surface area contributed by atoms with Gasteiger partial charge in [-0.3, -0.25) is 28.8 Å². The van der Waals surface area contributed by atoms with Crippen molar-refractivity contribution in [2.45, 2.75) is 49.9 Å². The van der Waals surface area contributed by atoms with Crippen LogP contribution in [-0.2, 0) is 33.6 Å². The number of hydrogen-bond acceptors (Lipinski definition) is 9. The summed E-state index contributed by atoms with van der Waals surface area (Å²) >= 11 is 0. The van der Waals surface area contributed by atoms with Crippen molar-refractivity contribution in [2.75, 3.05) is 6.61 Å². The highest BCUT2D eigenvalue weighted by atomic mass is 16.4. The van der Waals surface area contributed by atoms with Gasteiger partial charge in [0.2, 0.25) is 17.7 Å². The van der Waals surface area contributed by atoms with Gasteiger partial charge in [0.15, 0.2) is 0 Å². The summed E-state index contributed by atoms with van der Waals surface area (Å²) in [5.74, 6) is -9.69. The number of nitrogens with two attached hydrogens (primary N) is 1. The molecule has 0 aliphatic rings. The Labute approximate surface area is 179 Å². The van der Waals surface area contributed by atoms with Crippen LogP contribution in [0.15, 0.2) is 0 Å². The Bertz CT molecular complexity index is 755. The molecule has 0 saturated heterocycles. The molecule has 0 aromatic carbocycles. The van der Waals surface area contributed by atoms with Crippen molar-refractivity contribution >= 4 is 41.6 Å². The molecule has 4 atom stereocenters. The van der Waals surface area contributed by atoms with Gasteiger partial charge in [0.05, 0.1) is 25.5 Å². The van der Waals surface area contributed by atoms with E-state index in [0.29, 0.717) is 0 Å². The van der Waals surface area contributed by atoms with Crippen molar-refractivity contribution in [3.63, 3.8) is 0 Å². The maximum absolute atomic E-state index is 12.3. The number of aliphatic hydroxyl groups excluding tert-OH is 1. The van der Waals surface area contributed by atoms with Crippen LogP contribution >= 0.6 is 0 Å². The van der Waals surface area contributed by atoms with Crippen LogP contribution in [0, 0.1) is 0 Å². The first-order chi connectivity index (χ1) is 14.8. The zero-order chi connectivity index (χ0) is 25.0. The Balaban J connectivity index is 5.27. The van der Waals surface area contributed by atoms with Crippen molar-refractivity contribution in [2.24, 2.45) is 5.73 Å². The summed E-state index contributed by atoms with van der Waals surface area (Å²) in [4.78, 5) is 79.7. The first-order valence-corrected chi connectivity index (χ1v) is 8.94. The Morgan fingerprint density at radius 1 is 0.656 bits per heavy atom. The van der Waals surface area contributed by atoms with Crippen molar-refractivity contribution in [1.29, 1.82) is 0 Å². The van der Waals surface area contributed by atoms with Gasteiger partial charge in [-0.05, 0) is 6.42 Å². The van der Waals surface area contributed by atoms with Gasteiger partial charge in [-0.2, -0.15) is 0 Å². The first kappa shape index (κ1) is 28.2. The quantitative estimate of drug-likeness (QED) is 0.111. The highest BCUT2D eigenvalue weighted by molar-refractivity contribution is 5.96. The maximum Gasteiger partial charge on any atom is 0.326 e. The first-order valence-electron chi connectivity index (χ1n) is 8.94. The van der Waals surface area contributed by atoms with Crippen LogP contribution < -0.4 is 21.7 Å². The van der Waals surface area contributed by atoms with Crippen LogP contribution in [0.3, 0.4) is 0 Å². The molecule has 0 aliphatic carbocycles. The molecule has 4 unspecified atom stereocenters. The molecule has 0 bridgehead atoms. The lowest BCUT2D eigenvalue weighted by molar-refractivity contribution is -0.148. The third-order valence-electron chi connectivity index (χ3n) is 3.83. The Hall–Kier alpha value is -3.79. The van der Waals surface area contributed by atoms with Crippen LogP contribution in [0.2, 0.25) is 0 Å². The van der Waals surface area contributed by atoms with E-state index in [1.165, 1.54) is 0 Å². The smallest absolute Gasteiger partial charge is 0.326 e. The fourth-order valence-corrected chi connectivity index (χ4v) is 2.19. The number of carbonyl (C=O) groups excluding carboxylic acids is 3. The molecule has 0 heterocycles. The van der Waals surface area contributed by atoms with E-state index in [0.717, 1.165) is 0 Å². The van der Waals surface area contributed by atoms with E-state index in [9.17, 15) is 38.7 Å². The van der Waals surface area contributed by atoms with E-state index in [2.05, 4.69) is 0 Å². The number of nitrogens with one attached hydrogen (secondary N) is 3. The fourth-order valence-electron chi connectivity index (χ4n) is 2.19. The average Bonchev–Trinajstić information content (AvgIpc) is 2.67. The second-order valence-electron chi connectivity index (χ2n) is 6.44. The van der Waals surface area contributed by atoms with E-state index < -0.39 is 91.6 Å². The Kier molecular flexibility index (Phi) is 11.9. The van der Waals surface area contributed by atoms with Gasteiger partial charge in [-0.1, -0.05) is 0 Å². The topological polar surface area (TPSA) is 283 Å². The highest BCUT2D eigenvalue weighted by Gasteiger charge is 2.32. The molecule has 16 nitrogen and oxygen atoms in total. The van der Waals surface area contributed by atoms with Gasteiger partial charge < -0.3 is 47.2 Å². The largest absolute Gasteiger partial charge is 0.481 e. The number of aliphatic carboxylic acids is 4. The van der Waals surface area contributed by atoms with Gasteiger partial charge in [-0.15, -0.1) is 0 Å². The van der Waals surface area contributed by atoms with E-state index in [4.69, 9.17) is 26.2 Å². The van der Waals surface area contributed by atoms with Crippen molar-refractivity contribution < 1.29 is 59.1 Å². The molecule has 0 rings (SSSR count). The fraction of sp³-hybridized carbons (Fsp3) is 0.562. The lowest BCUT2D eigenvalue weighted by atomic mass is 10.1. The summed E-state index contributed by atoms with van der Waals surface area (Å²) in [6, 6.07) is -6.87. The number of carboxylic acids is 4. The third kappa shape index (κ3) is 10.8. The monoisotopic (exact) mass is 464 g/mol. The predicted molar refractivity (Wildman–Crippen MR) is 99.9 cm³/mol. The summed E-state index contributed by atoms with van der Waals surface area (Å²) < 4.78 is 0. The number of carbonyl (C=O) groups is 7. The molecule has 0 radical (unpaired) electrons. The number of hydrogen-bond donors (Lipinski definition) is 9. The lowest BCUT2D eigenvalue weighted by Gasteiger charge is -2.23. The molecule has 10 N–H and O–H groups in total. The third-order valence-corrected chi connectivity index (χ3v) is 3.83. The van der Waals surface area contributed by atoms with E-state index in [-0.39, 0.29) is 6.42 Å². The predicted octanol–water partition coefficient (Wildman–Crippen LogP) is -4.34. The molecule has 32 heavy (non-hydrogen) atoms. The second kappa shape index (κ2) is 13.5. The lowest BCUT2D eigenvalue weighted by Crippen LogP contribution is -2.58. The molecular weight excluding hydrogens is 440 g/mol. The van der Waals surface area contributed by atoms with Crippen molar-refractivity contribution in [3.05, 3.63) is 0 Å². The van der Waals surface area contributed by atoms with Crippen LogP contribution in [0.5, 0.6) is 0 Å². The number of rotatable bonds is 15. The number of aliphatic hydroxyl groups is 1. The minimum atomic E-state index is -1.92.